The number of piperazine rings is 1. The summed E-state index contributed by atoms with van der Waals surface area (Å²) < 4.78 is 5.49. The molecule has 2 fully saturated rings. The molecule has 2 atom stereocenters. The van der Waals surface area contributed by atoms with Gasteiger partial charge in [0.05, 0.1) is 12.6 Å². The molecule has 1 aromatic carbocycles. The number of fused-ring (bicyclic) bond motifs is 3. The molecule has 0 spiro atoms. The second-order valence-corrected chi connectivity index (χ2v) is 6.85. The minimum atomic E-state index is -0.378. The van der Waals surface area contributed by atoms with Gasteiger partial charge in [0.25, 0.3) is 5.91 Å². The van der Waals surface area contributed by atoms with Crippen molar-refractivity contribution in [1.29, 1.82) is 0 Å². The lowest BCUT2D eigenvalue weighted by Gasteiger charge is -2.45. The van der Waals surface area contributed by atoms with Gasteiger partial charge in [-0.25, -0.2) is 0 Å². The first kappa shape index (κ1) is 15.0. The molecule has 0 aliphatic carbocycles. The van der Waals surface area contributed by atoms with E-state index in [0.717, 1.165) is 24.8 Å². The quantitative estimate of drug-likeness (QED) is 0.786. The summed E-state index contributed by atoms with van der Waals surface area (Å²) in [5, 5.41) is 0.667. The Bertz CT molecular complexity index is 657. The summed E-state index contributed by atoms with van der Waals surface area (Å²) >= 11 is 6.14. The highest BCUT2D eigenvalue weighted by molar-refractivity contribution is 6.30. The highest BCUT2D eigenvalue weighted by Gasteiger charge is 2.40. The zero-order valence-corrected chi connectivity index (χ0v) is 13.6. The van der Waals surface area contributed by atoms with Crippen LogP contribution in [0.4, 0.5) is 0 Å². The van der Waals surface area contributed by atoms with Crippen molar-refractivity contribution < 1.29 is 14.3 Å². The zero-order chi connectivity index (χ0) is 16.0. The van der Waals surface area contributed by atoms with E-state index >= 15 is 0 Å². The van der Waals surface area contributed by atoms with E-state index in [-0.39, 0.29) is 30.5 Å². The Morgan fingerprint density at radius 3 is 3.00 bits per heavy atom. The van der Waals surface area contributed by atoms with Crippen LogP contribution < -0.4 is 0 Å². The van der Waals surface area contributed by atoms with Crippen LogP contribution in [0.3, 0.4) is 0 Å². The molecule has 23 heavy (non-hydrogen) atoms. The minimum Gasteiger partial charge on any atom is -0.368 e. The minimum absolute atomic E-state index is 0.0122. The average molecular weight is 335 g/mol. The van der Waals surface area contributed by atoms with E-state index in [2.05, 4.69) is 0 Å². The van der Waals surface area contributed by atoms with E-state index in [1.54, 1.807) is 4.90 Å². The van der Waals surface area contributed by atoms with Gasteiger partial charge in [-0.05, 0) is 42.5 Å². The summed E-state index contributed by atoms with van der Waals surface area (Å²) in [6.45, 7) is 2.02. The molecule has 2 saturated heterocycles. The molecular formula is C17H19ClN2O3. The molecule has 2 amide bonds. The Morgan fingerprint density at radius 1 is 1.35 bits per heavy atom. The number of halogens is 1. The molecule has 3 heterocycles. The first-order valence-electron chi connectivity index (χ1n) is 8.11. The Balaban J connectivity index is 1.62. The summed E-state index contributed by atoms with van der Waals surface area (Å²) in [5.74, 6) is -0.0390. The van der Waals surface area contributed by atoms with E-state index in [1.165, 1.54) is 5.56 Å². The molecule has 4 rings (SSSR count). The Kier molecular flexibility index (Phi) is 3.77. The number of amides is 2. The first-order chi connectivity index (χ1) is 11.1. The van der Waals surface area contributed by atoms with E-state index in [0.29, 0.717) is 24.7 Å². The summed E-state index contributed by atoms with van der Waals surface area (Å²) in [6, 6.07) is 5.75. The Hall–Kier alpha value is -1.59. The third-order valence-electron chi connectivity index (χ3n) is 5.02. The normalized spacial score (nSPS) is 26.9. The second kappa shape index (κ2) is 5.80. The predicted octanol–water partition coefficient (Wildman–Crippen LogP) is 1.79. The van der Waals surface area contributed by atoms with Crippen LogP contribution in [0.1, 0.15) is 30.0 Å². The van der Waals surface area contributed by atoms with E-state index in [1.807, 2.05) is 23.1 Å². The molecule has 0 N–H and O–H groups in total. The Morgan fingerprint density at radius 2 is 2.22 bits per heavy atom. The maximum atomic E-state index is 12.6. The van der Waals surface area contributed by atoms with Gasteiger partial charge in [-0.2, -0.15) is 0 Å². The van der Waals surface area contributed by atoms with Crippen LogP contribution in [-0.2, 0) is 20.7 Å². The SMILES string of the molecule is O=C(C1CCCO1)N1CC(=O)N2CCc3ccc(Cl)cc3C2C1. The summed E-state index contributed by atoms with van der Waals surface area (Å²) in [4.78, 5) is 28.7. The lowest BCUT2D eigenvalue weighted by Crippen LogP contribution is -2.57. The molecule has 2 unspecified atom stereocenters. The van der Waals surface area contributed by atoms with Crippen LogP contribution in [0.15, 0.2) is 18.2 Å². The molecule has 3 aliphatic heterocycles. The number of rotatable bonds is 1. The summed E-state index contributed by atoms with van der Waals surface area (Å²) in [6.07, 6.45) is 2.12. The number of nitrogens with zero attached hydrogens (tertiary/aromatic N) is 2. The fraction of sp³-hybridized carbons (Fsp3) is 0.529. The lowest BCUT2D eigenvalue weighted by molar-refractivity contribution is -0.154. The van der Waals surface area contributed by atoms with Gasteiger partial charge >= 0.3 is 0 Å². The molecule has 5 nitrogen and oxygen atoms in total. The van der Waals surface area contributed by atoms with Crippen LogP contribution in [0.25, 0.3) is 0 Å². The largest absolute Gasteiger partial charge is 0.368 e. The monoisotopic (exact) mass is 334 g/mol. The number of carbonyl (C=O) groups excluding carboxylic acids is 2. The van der Waals surface area contributed by atoms with Gasteiger partial charge in [0.1, 0.15) is 6.10 Å². The van der Waals surface area contributed by atoms with Crippen molar-refractivity contribution in [1.82, 2.24) is 9.80 Å². The Labute approximate surface area is 140 Å². The predicted molar refractivity (Wildman–Crippen MR) is 85.2 cm³/mol. The molecule has 0 radical (unpaired) electrons. The molecule has 3 aliphatic rings. The third kappa shape index (κ3) is 2.62. The summed E-state index contributed by atoms with van der Waals surface area (Å²) in [7, 11) is 0. The average Bonchev–Trinajstić information content (AvgIpc) is 3.08. The molecule has 122 valence electrons. The maximum absolute atomic E-state index is 12.6. The number of hydrogen-bond acceptors (Lipinski definition) is 3. The molecule has 1 aromatic rings. The van der Waals surface area contributed by atoms with Gasteiger partial charge in [-0.1, -0.05) is 17.7 Å². The van der Waals surface area contributed by atoms with Gasteiger partial charge in [0.2, 0.25) is 5.91 Å². The fourth-order valence-electron chi connectivity index (χ4n) is 3.84. The van der Waals surface area contributed by atoms with Crippen molar-refractivity contribution in [3.8, 4) is 0 Å². The van der Waals surface area contributed by atoms with Gasteiger partial charge in [-0.15, -0.1) is 0 Å². The van der Waals surface area contributed by atoms with Crippen LogP contribution in [0.5, 0.6) is 0 Å². The highest BCUT2D eigenvalue weighted by atomic mass is 35.5. The number of carbonyl (C=O) groups is 2. The molecular weight excluding hydrogens is 316 g/mol. The van der Waals surface area contributed by atoms with Crippen molar-refractivity contribution in [2.75, 3.05) is 26.2 Å². The van der Waals surface area contributed by atoms with Crippen molar-refractivity contribution >= 4 is 23.4 Å². The van der Waals surface area contributed by atoms with Crippen LogP contribution >= 0.6 is 11.6 Å². The lowest BCUT2D eigenvalue weighted by atomic mass is 9.90. The molecule has 0 bridgehead atoms. The van der Waals surface area contributed by atoms with Gasteiger partial charge in [-0.3, -0.25) is 9.59 Å². The van der Waals surface area contributed by atoms with Crippen molar-refractivity contribution in [2.24, 2.45) is 0 Å². The van der Waals surface area contributed by atoms with Crippen molar-refractivity contribution in [2.45, 2.75) is 31.4 Å². The standard InChI is InChI=1S/C17H19ClN2O3/c18-12-4-3-11-5-6-20-14(13(11)8-12)9-19(10-16(20)21)17(22)15-2-1-7-23-15/h3-4,8,14-15H,1-2,5-7,9-10H2. The molecule has 0 saturated carbocycles. The first-order valence-corrected chi connectivity index (χ1v) is 8.49. The molecule has 0 aromatic heterocycles. The number of ether oxygens (including phenoxy) is 1. The van der Waals surface area contributed by atoms with Crippen molar-refractivity contribution in [3.05, 3.63) is 34.3 Å². The highest BCUT2D eigenvalue weighted by Crippen LogP contribution is 2.35. The smallest absolute Gasteiger partial charge is 0.252 e. The van der Waals surface area contributed by atoms with E-state index < -0.39 is 0 Å². The van der Waals surface area contributed by atoms with Crippen molar-refractivity contribution in [3.63, 3.8) is 0 Å². The number of hydrogen-bond donors (Lipinski definition) is 0. The van der Waals surface area contributed by atoms with Gasteiger partial charge < -0.3 is 14.5 Å². The van der Waals surface area contributed by atoms with E-state index in [4.69, 9.17) is 16.3 Å². The van der Waals surface area contributed by atoms with Crippen LogP contribution in [0, 0.1) is 0 Å². The maximum Gasteiger partial charge on any atom is 0.252 e. The topological polar surface area (TPSA) is 49.9 Å². The second-order valence-electron chi connectivity index (χ2n) is 6.42. The molecule has 6 heteroatoms. The van der Waals surface area contributed by atoms with Gasteiger partial charge in [0.15, 0.2) is 0 Å². The van der Waals surface area contributed by atoms with Gasteiger partial charge in [0, 0.05) is 24.7 Å². The van der Waals surface area contributed by atoms with E-state index in [9.17, 15) is 9.59 Å². The fourth-order valence-corrected chi connectivity index (χ4v) is 4.02. The number of benzene rings is 1. The summed E-state index contributed by atoms with van der Waals surface area (Å²) in [5.41, 5.74) is 2.29. The van der Waals surface area contributed by atoms with Crippen LogP contribution in [-0.4, -0.2) is 54.0 Å². The third-order valence-corrected chi connectivity index (χ3v) is 5.26. The van der Waals surface area contributed by atoms with Crippen LogP contribution in [0.2, 0.25) is 5.02 Å². The zero-order valence-electron chi connectivity index (χ0n) is 12.8.